The lowest BCUT2D eigenvalue weighted by Gasteiger charge is -2.09. The van der Waals surface area contributed by atoms with Crippen molar-refractivity contribution >= 4 is 23.2 Å². The zero-order valence-corrected chi connectivity index (χ0v) is 14.5. The minimum Gasteiger partial charge on any atom is -0.326 e. The normalized spacial score (nSPS) is 10.2. The maximum atomic E-state index is 12.5. The second-order valence-corrected chi connectivity index (χ2v) is 5.77. The first-order valence-electron chi connectivity index (χ1n) is 8.11. The summed E-state index contributed by atoms with van der Waals surface area (Å²) in [6, 6.07) is 16.5. The highest BCUT2D eigenvalue weighted by atomic mass is 16.2. The van der Waals surface area contributed by atoms with Crippen LogP contribution in [0.4, 0.5) is 11.4 Å². The van der Waals surface area contributed by atoms with E-state index in [1.54, 1.807) is 31.2 Å². The topological polar surface area (TPSA) is 84.0 Å². The third-order valence-corrected chi connectivity index (χ3v) is 3.72. The van der Waals surface area contributed by atoms with Crippen LogP contribution in [0.15, 0.2) is 60.8 Å². The van der Waals surface area contributed by atoms with Crippen molar-refractivity contribution in [2.75, 3.05) is 10.6 Å². The van der Waals surface area contributed by atoms with E-state index in [1.165, 1.54) is 13.1 Å². The van der Waals surface area contributed by atoms with Gasteiger partial charge in [0.1, 0.15) is 0 Å². The molecule has 26 heavy (non-hydrogen) atoms. The Morgan fingerprint density at radius 3 is 2.08 bits per heavy atom. The molecule has 3 aromatic rings. The molecule has 130 valence electrons. The van der Waals surface area contributed by atoms with Gasteiger partial charge in [0.15, 0.2) is 5.82 Å². The molecule has 0 spiro atoms. The van der Waals surface area contributed by atoms with E-state index >= 15 is 0 Å². The van der Waals surface area contributed by atoms with Crippen LogP contribution in [0, 0.1) is 6.92 Å². The summed E-state index contributed by atoms with van der Waals surface area (Å²) < 4.78 is 0. The summed E-state index contributed by atoms with van der Waals surface area (Å²) in [7, 11) is 0. The molecule has 2 aromatic carbocycles. The number of hydrogen-bond acceptors (Lipinski definition) is 4. The molecule has 3 rings (SSSR count). The molecule has 1 heterocycles. The van der Waals surface area contributed by atoms with Crippen LogP contribution >= 0.6 is 0 Å². The van der Waals surface area contributed by atoms with Gasteiger partial charge in [0.05, 0.1) is 11.3 Å². The van der Waals surface area contributed by atoms with Crippen LogP contribution in [0.25, 0.3) is 11.4 Å². The van der Waals surface area contributed by atoms with Crippen molar-refractivity contribution in [2.24, 2.45) is 0 Å². The Bertz CT molecular complexity index is 938. The molecule has 2 amide bonds. The van der Waals surface area contributed by atoms with Gasteiger partial charge in [-0.15, -0.1) is 0 Å². The largest absolute Gasteiger partial charge is 0.326 e. The van der Waals surface area contributed by atoms with Gasteiger partial charge >= 0.3 is 0 Å². The molecule has 0 fully saturated rings. The van der Waals surface area contributed by atoms with Gasteiger partial charge in [0, 0.05) is 30.1 Å². The fourth-order valence-electron chi connectivity index (χ4n) is 2.45. The average Bonchev–Trinajstić information content (AvgIpc) is 2.63. The molecule has 0 atom stereocenters. The van der Waals surface area contributed by atoms with Crippen LogP contribution < -0.4 is 10.6 Å². The molecule has 0 saturated heterocycles. The molecule has 0 radical (unpaired) electrons. The summed E-state index contributed by atoms with van der Waals surface area (Å²) in [5.41, 5.74) is 3.20. The predicted octanol–water partition coefficient (Wildman–Crippen LogP) is 3.66. The van der Waals surface area contributed by atoms with E-state index < -0.39 is 0 Å². The molecule has 0 aliphatic heterocycles. The third-order valence-electron chi connectivity index (χ3n) is 3.72. The van der Waals surface area contributed by atoms with Gasteiger partial charge in [0.25, 0.3) is 5.91 Å². The number of hydrogen-bond donors (Lipinski definition) is 2. The molecule has 0 aliphatic carbocycles. The monoisotopic (exact) mass is 346 g/mol. The van der Waals surface area contributed by atoms with Gasteiger partial charge in [-0.25, -0.2) is 9.97 Å². The minimum absolute atomic E-state index is 0.145. The number of nitrogens with zero attached hydrogens (tertiary/aromatic N) is 2. The van der Waals surface area contributed by atoms with Gasteiger partial charge < -0.3 is 10.6 Å². The van der Waals surface area contributed by atoms with Crippen LogP contribution in [-0.2, 0) is 4.79 Å². The number of aromatic nitrogens is 2. The predicted molar refractivity (Wildman–Crippen MR) is 101 cm³/mol. The number of carbonyl (C=O) groups is 2. The van der Waals surface area contributed by atoms with Crippen LogP contribution in [0.1, 0.15) is 23.0 Å². The maximum absolute atomic E-state index is 12.5. The fourth-order valence-corrected chi connectivity index (χ4v) is 2.45. The molecular formula is C20H18N4O2. The van der Waals surface area contributed by atoms with Crippen molar-refractivity contribution in [3.05, 3.63) is 72.1 Å². The Morgan fingerprint density at radius 2 is 1.50 bits per heavy atom. The van der Waals surface area contributed by atoms with E-state index in [0.717, 1.165) is 5.56 Å². The molecule has 6 heteroatoms. The van der Waals surface area contributed by atoms with Crippen LogP contribution in [0.5, 0.6) is 0 Å². The second-order valence-electron chi connectivity index (χ2n) is 5.77. The number of benzene rings is 2. The molecule has 2 N–H and O–H groups in total. The lowest BCUT2D eigenvalue weighted by atomic mass is 10.1. The number of aryl methyl sites for hydroxylation is 1. The lowest BCUT2D eigenvalue weighted by molar-refractivity contribution is -0.114. The maximum Gasteiger partial charge on any atom is 0.259 e. The summed E-state index contributed by atoms with van der Waals surface area (Å²) >= 11 is 0. The highest BCUT2D eigenvalue weighted by Crippen LogP contribution is 2.18. The Kier molecular flexibility index (Phi) is 5.03. The standard InChI is InChI=1S/C20H18N4O2/c1-13-18(12-21-19(22-13)15-6-4-3-5-7-15)20(26)24-17-10-8-16(9-11-17)23-14(2)25/h3-12H,1-2H3,(H,23,25)(H,24,26). The average molecular weight is 346 g/mol. The zero-order valence-electron chi connectivity index (χ0n) is 14.5. The molecule has 0 saturated carbocycles. The quantitative estimate of drug-likeness (QED) is 0.755. The molecule has 1 aromatic heterocycles. The van der Waals surface area contributed by atoms with E-state index in [2.05, 4.69) is 20.6 Å². The lowest BCUT2D eigenvalue weighted by Crippen LogP contribution is -2.15. The molecule has 0 unspecified atom stereocenters. The first-order chi connectivity index (χ1) is 12.5. The number of rotatable bonds is 4. The van der Waals surface area contributed by atoms with E-state index in [1.807, 2.05) is 30.3 Å². The highest BCUT2D eigenvalue weighted by Gasteiger charge is 2.13. The van der Waals surface area contributed by atoms with Crippen molar-refractivity contribution in [1.82, 2.24) is 9.97 Å². The minimum atomic E-state index is -0.283. The van der Waals surface area contributed by atoms with Crippen LogP contribution in [0.2, 0.25) is 0 Å². The van der Waals surface area contributed by atoms with Crippen molar-refractivity contribution < 1.29 is 9.59 Å². The van der Waals surface area contributed by atoms with Crippen molar-refractivity contribution in [2.45, 2.75) is 13.8 Å². The zero-order chi connectivity index (χ0) is 18.5. The van der Waals surface area contributed by atoms with Gasteiger partial charge in [-0.05, 0) is 31.2 Å². The van der Waals surface area contributed by atoms with E-state index in [0.29, 0.717) is 28.5 Å². The third kappa shape index (κ3) is 4.10. The van der Waals surface area contributed by atoms with Gasteiger partial charge in [-0.3, -0.25) is 9.59 Å². The SMILES string of the molecule is CC(=O)Nc1ccc(NC(=O)c2cnc(-c3ccccc3)nc2C)cc1. The second kappa shape index (κ2) is 7.57. The molecule has 0 bridgehead atoms. The Balaban J connectivity index is 1.74. The Morgan fingerprint density at radius 1 is 0.885 bits per heavy atom. The Hall–Kier alpha value is -3.54. The highest BCUT2D eigenvalue weighted by molar-refractivity contribution is 6.05. The Labute approximate surface area is 151 Å². The van der Waals surface area contributed by atoms with E-state index in [4.69, 9.17) is 0 Å². The molecular weight excluding hydrogens is 328 g/mol. The van der Waals surface area contributed by atoms with E-state index in [-0.39, 0.29) is 11.8 Å². The molecule has 0 aliphatic rings. The van der Waals surface area contributed by atoms with Gasteiger partial charge in [-0.1, -0.05) is 30.3 Å². The number of anilines is 2. The summed E-state index contributed by atoms with van der Waals surface area (Å²) in [6.45, 7) is 3.22. The first-order valence-corrected chi connectivity index (χ1v) is 8.11. The fraction of sp³-hybridized carbons (Fsp3) is 0.100. The smallest absolute Gasteiger partial charge is 0.259 e. The van der Waals surface area contributed by atoms with Crippen molar-refractivity contribution in [3.8, 4) is 11.4 Å². The van der Waals surface area contributed by atoms with Crippen molar-refractivity contribution in [3.63, 3.8) is 0 Å². The van der Waals surface area contributed by atoms with Gasteiger partial charge in [-0.2, -0.15) is 0 Å². The van der Waals surface area contributed by atoms with E-state index in [9.17, 15) is 9.59 Å². The summed E-state index contributed by atoms with van der Waals surface area (Å²) in [5.74, 6) is 0.154. The summed E-state index contributed by atoms with van der Waals surface area (Å²) in [5, 5.41) is 5.48. The first kappa shape index (κ1) is 17.3. The van der Waals surface area contributed by atoms with Gasteiger partial charge in [0.2, 0.25) is 5.91 Å². The number of amides is 2. The molecule has 6 nitrogen and oxygen atoms in total. The van der Waals surface area contributed by atoms with Crippen LogP contribution in [-0.4, -0.2) is 21.8 Å². The van der Waals surface area contributed by atoms with Crippen molar-refractivity contribution in [1.29, 1.82) is 0 Å². The van der Waals surface area contributed by atoms with Crippen LogP contribution in [0.3, 0.4) is 0 Å². The number of carbonyl (C=O) groups excluding carboxylic acids is 2. The number of nitrogens with one attached hydrogen (secondary N) is 2. The summed E-state index contributed by atoms with van der Waals surface area (Å²) in [4.78, 5) is 32.3. The summed E-state index contributed by atoms with van der Waals surface area (Å²) in [6.07, 6.45) is 1.53.